The maximum Gasteiger partial charge on any atom is 0.337 e. The molecule has 0 amide bonds. The van der Waals surface area contributed by atoms with Gasteiger partial charge in [-0.2, -0.15) is 0 Å². The Kier molecular flexibility index (Phi) is 2.75. The van der Waals surface area contributed by atoms with Gasteiger partial charge in [-0.15, -0.1) is 11.3 Å². The van der Waals surface area contributed by atoms with Gasteiger partial charge in [0.25, 0.3) is 0 Å². The summed E-state index contributed by atoms with van der Waals surface area (Å²) in [5.74, 6) is -1.00. The predicted molar refractivity (Wildman–Crippen MR) is 61.7 cm³/mol. The van der Waals surface area contributed by atoms with Gasteiger partial charge in [0, 0.05) is 4.88 Å². The van der Waals surface area contributed by atoms with Crippen LogP contribution in [0, 0.1) is 0 Å². The molecule has 0 unspecified atom stereocenters. The van der Waals surface area contributed by atoms with E-state index >= 15 is 0 Å². The van der Waals surface area contributed by atoms with E-state index in [4.69, 9.17) is 16.7 Å². The Bertz CT molecular complexity index is 491. The van der Waals surface area contributed by atoms with Crippen molar-refractivity contribution in [3.8, 4) is 10.4 Å². The number of carboxylic acid groups (broad SMARTS) is 1. The largest absolute Gasteiger partial charge is 0.478 e. The SMILES string of the molecule is O=C(O)c1cc(-c2cccs2)ccc1Cl. The first-order valence-electron chi connectivity index (χ1n) is 4.25. The maximum atomic E-state index is 10.9. The second kappa shape index (κ2) is 4.04. The van der Waals surface area contributed by atoms with Gasteiger partial charge in [0.1, 0.15) is 0 Å². The Labute approximate surface area is 95.8 Å². The topological polar surface area (TPSA) is 37.3 Å². The second-order valence-corrected chi connectivity index (χ2v) is 4.33. The highest BCUT2D eigenvalue weighted by Crippen LogP contribution is 2.28. The van der Waals surface area contributed by atoms with Crippen LogP contribution in [-0.2, 0) is 0 Å². The molecule has 0 saturated carbocycles. The molecule has 1 aromatic heterocycles. The molecule has 76 valence electrons. The zero-order chi connectivity index (χ0) is 10.8. The molecule has 1 aromatic carbocycles. The van der Waals surface area contributed by atoms with Crippen molar-refractivity contribution < 1.29 is 9.90 Å². The van der Waals surface area contributed by atoms with E-state index in [0.29, 0.717) is 0 Å². The Balaban J connectivity index is 2.52. The van der Waals surface area contributed by atoms with E-state index in [1.807, 2.05) is 23.6 Å². The number of rotatable bonds is 2. The predicted octanol–water partition coefficient (Wildman–Crippen LogP) is 3.77. The molecule has 0 bridgehead atoms. The first-order valence-corrected chi connectivity index (χ1v) is 5.51. The first-order chi connectivity index (χ1) is 7.18. The molecular formula is C11H7ClO2S. The van der Waals surface area contributed by atoms with Gasteiger partial charge >= 0.3 is 5.97 Å². The van der Waals surface area contributed by atoms with Crippen LogP contribution in [0.1, 0.15) is 10.4 Å². The standard InChI is InChI=1S/C11H7ClO2S/c12-9-4-3-7(6-8(9)11(13)14)10-2-1-5-15-10/h1-6H,(H,13,14). The van der Waals surface area contributed by atoms with E-state index in [0.717, 1.165) is 10.4 Å². The fourth-order valence-electron chi connectivity index (χ4n) is 1.29. The molecule has 0 aliphatic heterocycles. The first kappa shape index (κ1) is 10.2. The molecule has 2 nitrogen and oxygen atoms in total. The smallest absolute Gasteiger partial charge is 0.337 e. The van der Waals surface area contributed by atoms with Gasteiger partial charge in [0.15, 0.2) is 0 Å². The summed E-state index contributed by atoms with van der Waals surface area (Å²) in [5, 5.41) is 11.1. The summed E-state index contributed by atoms with van der Waals surface area (Å²) in [6.45, 7) is 0. The Hall–Kier alpha value is -1.32. The van der Waals surface area contributed by atoms with Crippen molar-refractivity contribution in [3.63, 3.8) is 0 Å². The summed E-state index contributed by atoms with van der Waals surface area (Å²) in [6, 6.07) is 8.89. The molecule has 0 fully saturated rings. The Morgan fingerprint density at radius 1 is 1.33 bits per heavy atom. The summed E-state index contributed by atoms with van der Waals surface area (Å²) in [7, 11) is 0. The van der Waals surface area contributed by atoms with Crippen LogP contribution < -0.4 is 0 Å². The Morgan fingerprint density at radius 3 is 2.73 bits per heavy atom. The molecule has 4 heteroatoms. The lowest BCUT2D eigenvalue weighted by Crippen LogP contribution is -1.97. The highest BCUT2D eigenvalue weighted by atomic mass is 35.5. The number of thiophene rings is 1. The number of hydrogen-bond donors (Lipinski definition) is 1. The summed E-state index contributed by atoms with van der Waals surface area (Å²) in [4.78, 5) is 11.9. The zero-order valence-corrected chi connectivity index (χ0v) is 9.18. The van der Waals surface area contributed by atoms with E-state index in [1.165, 1.54) is 0 Å². The number of aromatic carboxylic acids is 1. The fourth-order valence-corrected chi connectivity index (χ4v) is 2.21. The van der Waals surface area contributed by atoms with Gasteiger partial charge in [-0.1, -0.05) is 23.7 Å². The molecule has 0 radical (unpaired) electrons. The quantitative estimate of drug-likeness (QED) is 0.865. The lowest BCUT2D eigenvalue weighted by atomic mass is 10.1. The average Bonchev–Trinajstić information content (AvgIpc) is 2.71. The van der Waals surface area contributed by atoms with Crippen molar-refractivity contribution in [1.82, 2.24) is 0 Å². The van der Waals surface area contributed by atoms with Crippen molar-refractivity contribution in [2.24, 2.45) is 0 Å². The number of carboxylic acids is 1. The van der Waals surface area contributed by atoms with Crippen LogP contribution in [0.5, 0.6) is 0 Å². The molecule has 0 aliphatic carbocycles. The lowest BCUT2D eigenvalue weighted by molar-refractivity contribution is 0.0697. The molecule has 2 rings (SSSR count). The van der Waals surface area contributed by atoms with Gasteiger partial charge in [-0.05, 0) is 29.1 Å². The minimum absolute atomic E-state index is 0.141. The van der Waals surface area contributed by atoms with Gasteiger partial charge in [-0.3, -0.25) is 0 Å². The van der Waals surface area contributed by atoms with Gasteiger partial charge < -0.3 is 5.11 Å². The zero-order valence-electron chi connectivity index (χ0n) is 7.61. The lowest BCUT2D eigenvalue weighted by Gasteiger charge is -2.02. The van der Waals surface area contributed by atoms with E-state index in [-0.39, 0.29) is 10.6 Å². The number of halogens is 1. The molecule has 1 heterocycles. The normalized spacial score (nSPS) is 10.2. The van der Waals surface area contributed by atoms with Gasteiger partial charge in [0.05, 0.1) is 10.6 Å². The van der Waals surface area contributed by atoms with Crippen LogP contribution in [0.15, 0.2) is 35.7 Å². The van der Waals surface area contributed by atoms with Crippen LogP contribution in [0.3, 0.4) is 0 Å². The van der Waals surface area contributed by atoms with E-state index in [9.17, 15) is 4.79 Å². The van der Waals surface area contributed by atoms with E-state index in [1.54, 1.807) is 23.5 Å². The molecule has 0 spiro atoms. The van der Waals surface area contributed by atoms with Crippen LogP contribution in [-0.4, -0.2) is 11.1 Å². The fraction of sp³-hybridized carbons (Fsp3) is 0. The van der Waals surface area contributed by atoms with Crippen LogP contribution in [0.4, 0.5) is 0 Å². The molecule has 2 aromatic rings. The maximum absolute atomic E-state index is 10.9. The number of hydrogen-bond acceptors (Lipinski definition) is 2. The molecule has 0 saturated heterocycles. The van der Waals surface area contributed by atoms with Crippen LogP contribution in [0.25, 0.3) is 10.4 Å². The highest BCUT2D eigenvalue weighted by molar-refractivity contribution is 7.13. The summed E-state index contributed by atoms with van der Waals surface area (Å²) in [6.07, 6.45) is 0. The van der Waals surface area contributed by atoms with Gasteiger partial charge in [-0.25, -0.2) is 4.79 Å². The van der Waals surface area contributed by atoms with Crippen molar-refractivity contribution in [1.29, 1.82) is 0 Å². The minimum Gasteiger partial charge on any atom is -0.478 e. The third-order valence-electron chi connectivity index (χ3n) is 2.00. The molecule has 0 atom stereocenters. The number of carbonyl (C=O) groups is 1. The minimum atomic E-state index is -1.00. The van der Waals surface area contributed by atoms with Crippen molar-refractivity contribution in [2.75, 3.05) is 0 Å². The molecular weight excluding hydrogens is 232 g/mol. The third-order valence-corrected chi connectivity index (χ3v) is 3.25. The highest BCUT2D eigenvalue weighted by Gasteiger charge is 2.10. The van der Waals surface area contributed by atoms with E-state index in [2.05, 4.69) is 0 Å². The summed E-state index contributed by atoms with van der Waals surface area (Å²) >= 11 is 7.34. The van der Waals surface area contributed by atoms with Crippen molar-refractivity contribution in [3.05, 3.63) is 46.3 Å². The number of benzene rings is 1. The average molecular weight is 239 g/mol. The summed E-state index contributed by atoms with van der Waals surface area (Å²) < 4.78 is 0. The summed E-state index contributed by atoms with van der Waals surface area (Å²) in [5.41, 5.74) is 1.02. The van der Waals surface area contributed by atoms with Gasteiger partial charge in [0.2, 0.25) is 0 Å². The van der Waals surface area contributed by atoms with Crippen molar-refractivity contribution >= 4 is 28.9 Å². The third kappa shape index (κ3) is 2.03. The van der Waals surface area contributed by atoms with Crippen LogP contribution >= 0.6 is 22.9 Å². The Morgan fingerprint density at radius 2 is 2.13 bits per heavy atom. The second-order valence-electron chi connectivity index (χ2n) is 2.98. The molecule has 0 aliphatic rings. The molecule has 1 N–H and O–H groups in total. The van der Waals surface area contributed by atoms with Crippen LogP contribution in [0.2, 0.25) is 5.02 Å². The van der Waals surface area contributed by atoms with Crippen molar-refractivity contribution in [2.45, 2.75) is 0 Å². The molecule has 15 heavy (non-hydrogen) atoms. The monoisotopic (exact) mass is 238 g/mol. The van der Waals surface area contributed by atoms with E-state index < -0.39 is 5.97 Å².